The van der Waals surface area contributed by atoms with E-state index < -0.39 is 18.1 Å². The molecule has 1 rings (SSSR count). The zero-order chi connectivity index (χ0) is 6.15. The molecule has 1 amide bonds. The molecule has 0 saturated carbocycles. The molecular formula is C4H3NO3. The first kappa shape index (κ1) is 5.24. The Balaban J connectivity index is 2.36. The van der Waals surface area contributed by atoms with Crippen LogP contribution in [-0.2, 0) is 14.3 Å². The van der Waals surface area contributed by atoms with Gasteiger partial charge in [-0.3, -0.25) is 15.3 Å². The first-order valence-corrected chi connectivity index (χ1v) is 2.04. The predicted molar refractivity (Wildman–Crippen MR) is 22.5 cm³/mol. The number of amides is 1. The Morgan fingerprint density at radius 3 is 2.50 bits per heavy atom. The summed E-state index contributed by atoms with van der Waals surface area (Å²) in [5.74, 6) is -0.849. The smallest absolute Gasteiger partial charge is 0.270 e. The molecule has 0 spiro atoms. The van der Waals surface area contributed by atoms with Crippen LogP contribution in [0, 0.1) is 0 Å². The Kier molecular flexibility index (Phi) is 1.02. The highest BCUT2D eigenvalue weighted by molar-refractivity contribution is 5.86. The van der Waals surface area contributed by atoms with Gasteiger partial charge in [-0.25, -0.2) is 0 Å². The van der Waals surface area contributed by atoms with Gasteiger partial charge in [0.15, 0.2) is 12.2 Å². The van der Waals surface area contributed by atoms with Gasteiger partial charge in [0.2, 0.25) is 6.29 Å². The molecule has 0 aliphatic carbocycles. The molecular weight excluding hydrogens is 110 g/mol. The number of ether oxygens (including phenoxy) is 1. The van der Waals surface area contributed by atoms with Gasteiger partial charge in [-0.15, -0.1) is 0 Å². The topological polar surface area (TPSA) is 70.5 Å². The van der Waals surface area contributed by atoms with Crippen molar-refractivity contribution in [2.24, 2.45) is 0 Å². The van der Waals surface area contributed by atoms with Gasteiger partial charge in [0.05, 0.1) is 0 Å². The van der Waals surface area contributed by atoms with E-state index in [9.17, 15) is 9.59 Å². The minimum atomic E-state index is -0.849. The van der Waals surface area contributed by atoms with E-state index in [1.54, 1.807) is 0 Å². The van der Waals surface area contributed by atoms with Crippen molar-refractivity contribution in [1.29, 1.82) is 0 Å². The molecule has 2 radical (unpaired) electrons. The van der Waals surface area contributed by atoms with E-state index in [4.69, 9.17) is 5.73 Å². The van der Waals surface area contributed by atoms with E-state index >= 15 is 0 Å². The number of carbonyl (C=O) groups excluding carboxylic acids is 2. The number of hydrogen-bond donors (Lipinski definition) is 0. The molecule has 2 atom stereocenters. The van der Waals surface area contributed by atoms with Crippen LogP contribution in [0.5, 0.6) is 0 Å². The summed E-state index contributed by atoms with van der Waals surface area (Å²) in [6.07, 6.45) is -0.105. The van der Waals surface area contributed by atoms with Crippen molar-refractivity contribution in [2.45, 2.75) is 12.2 Å². The number of hydrogen-bond acceptors (Lipinski definition) is 3. The molecule has 0 aromatic carbocycles. The largest absolute Gasteiger partial charge is 0.350 e. The number of epoxide rings is 1. The van der Waals surface area contributed by atoms with Crippen LogP contribution in [0.3, 0.4) is 0 Å². The van der Waals surface area contributed by atoms with E-state index in [1.807, 2.05) is 0 Å². The van der Waals surface area contributed by atoms with Gasteiger partial charge in [0, 0.05) is 0 Å². The minimum absolute atomic E-state index is 0.750. The maximum absolute atomic E-state index is 9.94. The quantitative estimate of drug-likeness (QED) is 0.416. The van der Waals surface area contributed by atoms with Crippen molar-refractivity contribution in [1.82, 2.24) is 5.73 Å². The fourth-order valence-electron chi connectivity index (χ4n) is 0.401. The molecule has 1 aliphatic heterocycles. The normalized spacial score (nSPS) is 34.0. The molecule has 4 heteroatoms. The lowest BCUT2D eigenvalue weighted by Gasteiger charge is -1.73. The number of rotatable bonds is 2. The van der Waals surface area contributed by atoms with Crippen molar-refractivity contribution in [3.05, 3.63) is 0 Å². The second kappa shape index (κ2) is 1.56. The summed E-state index contributed by atoms with van der Waals surface area (Å²) in [6.45, 7) is 0. The fourth-order valence-corrected chi connectivity index (χ4v) is 0.401. The van der Waals surface area contributed by atoms with Crippen molar-refractivity contribution in [3.8, 4) is 0 Å². The predicted octanol–water partition coefficient (Wildman–Crippen LogP) is -1.33. The lowest BCUT2D eigenvalue weighted by Crippen LogP contribution is -2.10. The molecule has 1 fully saturated rings. The van der Waals surface area contributed by atoms with E-state index in [1.165, 1.54) is 6.29 Å². The zero-order valence-corrected chi connectivity index (χ0v) is 3.88. The molecule has 1 aliphatic rings. The van der Waals surface area contributed by atoms with Crippen molar-refractivity contribution < 1.29 is 14.3 Å². The number of carbonyl (C=O) groups is 1. The van der Waals surface area contributed by atoms with Gasteiger partial charge in [-0.05, 0) is 0 Å². The van der Waals surface area contributed by atoms with E-state index in [2.05, 4.69) is 4.74 Å². The van der Waals surface area contributed by atoms with Gasteiger partial charge >= 0.3 is 0 Å². The van der Waals surface area contributed by atoms with Gasteiger partial charge in [-0.2, -0.15) is 0 Å². The lowest BCUT2D eigenvalue weighted by atomic mass is 10.3. The summed E-state index contributed by atoms with van der Waals surface area (Å²) in [5, 5.41) is 0. The third kappa shape index (κ3) is 0.696. The van der Waals surface area contributed by atoms with Crippen LogP contribution in [0.15, 0.2) is 0 Å². The Labute approximate surface area is 45.6 Å². The summed E-state index contributed by atoms with van der Waals surface area (Å²) >= 11 is 0. The molecule has 2 unspecified atom stereocenters. The molecule has 1 heterocycles. The molecule has 1 N–H and O–H groups in total. The highest BCUT2D eigenvalue weighted by Crippen LogP contribution is 2.18. The highest BCUT2D eigenvalue weighted by atomic mass is 16.6. The van der Waals surface area contributed by atoms with Gasteiger partial charge in [0.1, 0.15) is 0 Å². The van der Waals surface area contributed by atoms with Crippen LogP contribution in [0.1, 0.15) is 0 Å². The lowest BCUT2D eigenvalue weighted by molar-refractivity contribution is -0.119. The van der Waals surface area contributed by atoms with Crippen LogP contribution >= 0.6 is 0 Å². The van der Waals surface area contributed by atoms with Crippen LogP contribution in [-0.4, -0.2) is 24.4 Å². The molecule has 4 nitrogen and oxygen atoms in total. The summed E-state index contributed by atoms with van der Waals surface area (Å²) < 4.78 is 4.37. The Morgan fingerprint density at radius 2 is 2.38 bits per heavy atom. The molecule has 0 aromatic rings. The van der Waals surface area contributed by atoms with Gasteiger partial charge in [-0.1, -0.05) is 0 Å². The molecule has 0 bridgehead atoms. The molecule has 1 saturated heterocycles. The van der Waals surface area contributed by atoms with Crippen LogP contribution in [0.4, 0.5) is 0 Å². The van der Waals surface area contributed by atoms with E-state index in [0.717, 1.165) is 0 Å². The van der Waals surface area contributed by atoms with Crippen LogP contribution < -0.4 is 5.73 Å². The fraction of sp³-hybridized carbons (Fsp3) is 0.500. The summed E-state index contributed by atoms with van der Waals surface area (Å²) in [6, 6.07) is 0. The molecule has 0 aromatic heterocycles. The maximum Gasteiger partial charge on any atom is 0.270 e. The van der Waals surface area contributed by atoms with Crippen molar-refractivity contribution in [3.63, 3.8) is 0 Å². The Bertz CT molecular complexity index is 133. The van der Waals surface area contributed by atoms with Crippen LogP contribution in [0.2, 0.25) is 0 Å². The third-order valence-corrected chi connectivity index (χ3v) is 0.866. The zero-order valence-electron chi connectivity index (χ0n) is 3.88. The molecule has 8 heavy (non-hydrogen) atoms. The Hall–Kier alpha value is -0.900. The summed E-state index contributed by atoms with van der Waals surface area (Å²) in [4.78, 5) is 19.5. The van der Waals surface area contributed by atoms with Gasteiger partial charge in [0.25, 0.3) is 5.91 Å². The van der Waals surface area contributed by atoms with Crippen molar-refractivity contribution in [2.75, 3.05) is 0 Å². The average Bonchev–Trinajstić information content (AvgIpc) is 2.42. The molecule has 42 valence electrons. The Morgan fingerprint density at radius 1 is 1.75 bits per heavy atom. The van der Waals surface area contributed by atoms with Crippen molar-refractivity contribution >= 4 is 12.2 Å². The first-order chi connectivity index (χ1) is 3.75. The summed E-state index contributed by atoms with van der Waals surface area (Å²) in [5.41, 5.74) is 6.39. The average molecular weight is 113 g/mol. The first-order valence-electron chi connectivity index (χ1n) is 2.04. The van der Waals surface area contributed by atoms with Crippen LogP contribution in [0.25, 0.3) is 0 Å². The second-order valence-corrected chi connectivity index (χ2v) is 1.46. The standard InChI is InChI=1S/C4H3NO3/c5-4(7)3-2(1-6)8-3/h2-3,5H. The summed E-state index contributed by atoms with van der Waals surface area (Å²) in [7, 11) is 0. The van der Waals surface area contributed by atoms with E-state index in [0.29, 0.717) is 0 Å². The second-order valence-electron chi connectivity index (χ2n) is 1.46. The van der Waals surface area contributed by atoms with E-state index in [-0.39, 0.29) is 0 Å². The third-order valence-electron chi connectivity index (χ3n) is 0.866. The minimum Gasteiger partial charge on any atom is -0.350 e. The number of nitrogens with one attached hydrogen (secondary N) is 1. The maximum atomic E-state index is 9.94. The van der Waals surface area contributed by atoms with Gasteiger partial charge < -0.3 is 4.74 Å². The monoisotopic (exact) mass is 113 g/mol. The highest BCUT2D eigenvalue weighted by Gasteiger charge is 2.44. The SMILES string of the molecule is [NH]C(=O)C1OC1[C]=O.